The lowest BCUT2D eigenvalue weighted by Gasteiger charge is -2.12. The number of ether oxygens (including phenoxy) is 2. The van der Waals surface area contributed by atoms with E-state index >= 15 is 0 Å². The van der Waals surface area contributed by atoms with Gasteiger partial charge in [-0.3, -0.25) is 0 Å². The van der Waals surface area contributed by atoms with Crippen molar-refractivity contribution in [3.8, 4) is 11.5 Å². The van der Waals surface area contributed by atoms with Crippen LogP contribution < -0.4 is 14.2 Å². The minimum Gasteiger partial charge on any atom is -0.495 e. The molecule has 1 N–H and O–H groups in total. The van der Waals surface area contributed by atoms with Crippen molar-refractivity contribution in [1.82, 2.24) is 4.72 Å². The van der Waals surface area contributed by atoms with Crippen molar-refractivity contribution in [3.63, 3.8) is 0 Å². The summed E-state index contributed by atoms with van der Waals surface area (Å²) in [4.78, 5) is -0.0235. The number of sulfonamides is 1. The average Bonchev–Trinajstić information content (AvgIpc) is 2.58. The fourth-order valence-electron chi connectivity index (χ4n) is 2.18. The first kappa shape index (κ1) is 20.1. The molecule has 142 valence electrons. The molecule has 0 aliphatic carbocycles. The minimum atomic E-state index is -4.47. The van der Waals surface area contributed by atoms with Gasteiger partial charge >= 0.3 is 6.18 Å². The Morgan fingerprint density at radius 2 is 1.85 bits per heavy atom. The van der Waals surface area contributed by atoms with Crippen LogP contribution >= 0.6 is 0 Å². The maximum atomic E-state index is 12.6. The molecule has 2 aromatic rings. The van der Waals surface area contributed by atoms with Gasteiger partial charge in [0.1, 0.15) is 23.0 Å². The molecule has 0 heterocycles. The third-order valence-electron chi connectivity index (χ3n) is 3.43. The van der Waals surface area contributed by atoms with Crippen LogP contribution in [0.3, 0.4) is 0 Å². The zero-order valence-corrected chi connectivity index (χ0v) is 14.9. The molecule has 0 unspecified atom stereocenters. The zero-order valence-electron chi connectivity index (χ0n) is 14.1. The molecule has 0 aliphatic heterocycles. The van der Waals surface area contributed by atoms with Crippen molar-refractivity contribution in [1.29, 1.82) is 0 Å². The fourth-order valence-corrected chi connectivity index (χ4v) is 3.34. The second-order valence-corrected chi connectivity index (χ2v) is 7.16. The Balaban J connectivity index is 1.98. The molecule has 0 aromatic heterocycles. The summed E-state index contributed by atoms with van der Waals surface area (Å²) in [6.45, 7) is 1.56. The smallest absolute Gasteiger partial charge is 0.416 e. The third-order valence-corrected chi connectivity index (χ3v) is 4.93. The number of nitrogens with one attached hydrogen (secondary N) is 1. The van der Waals surface area contributed by atoms with E-state index in [1.165, 1.54) is 25.3 Å². The molecule has 2 rings (SSSR count). The van der Waals surface area contributed by atoms with Crippen LogP contribution in [0.2, 0.25) is 0 Å². The quantitative estimate of drug-likeness (QED) is 0.738. The molecule has 0 saturated carbocycles. The van der Waals surface area contributed by atoms with E-state index < -0.39 is 21.8 Å². The standard InChI is InChI=1S/C17H18F3NO4S/c1-12-6-7-16(15(10-12)24-2)26(22,23)21-8-9-25-14-5-3-4-13(11-14)17(18,19)20/h3-7,10-11,21H,8-9H2,1-2H3. The molecule has 26 heavy (non-hydrogen) atoms. The summed E-state index contributed by atoms with van der Waals surface area (Å²) in [7, 11) is -2.48. The van der Waals surface area contributed by atoms with E-state index in [0.29, 0.717) is 0 Å². The monoisotopic (exact) mass is 389 g/mol. The van der Waals surface area contributed by atoms with Gasteiger partial charge in [-0.25, -0.2) is 13.1 Å². The van der Waals surface area contributed by atoms with Gasteiger partial charge in [-0.05, 0) is 42.8 Å². The van der Waals surface area contributed by atoms with Crippen molar-refractivity contribution in [2.24, 2.45) is 0 Å². The Hall–Kier alpha value is -2.26. The lowest BCUT2D eigenvalue weighted by Crippen LogP contribution is -2.28. The highest BCUT2D eigenvalue weighted by Gasteiger charge is 2.30. The Kier molecular flexibility index (Phi) is 6.14. The summed E-state index contributed by atoms with van der Waals surface area (Å²) in [5.74, 6) is 0.211. The van der Waals surface area contributed by atoms with Crippen LogP contribution in [0.1, 0.15) is 11.1 Å². The molecule has 0 bridgehead atoms. The predicted octanol–water partition coefficient (Wildman–Crippen LogP) is 3.38. The highest BCUT2D eigenvalue weighted by Crippen LogP contribution is 2.31. The molecule has 9 heteroatoms. The Labute approximate surface area is 149 Å². The van der Waals surface area contributed by atoms with E-state index in [2.05, 4.69) is 4.72 Å². The molecule has 0 spiro atoms. The van der Waals surface area contributed by atoms with E-state index in [0.717, 1.165) is 17.7 Å². The number of hydrogen-bond donors (Lipinski definition) is 1. The van der Waals surface area contributed by atoms with E-state index in [1.807, 2.05) is 0 Å². The molecule has 0 fully saturated rings. The molecular formula is C17H18F3NO4S. The van der Waals surface area contributed by atoms with Gasteiger partial charge in [0.05, 0.1) is 12.7 Å². The Morgan fingerprint density at radius 3 is 2.50 bits per heavy atom. The fraction of sp³-hybridized carbons (Fsp3) is 0.294. The number of hydrogen-bond acceptors (Lipinski definition) is 4. The van der Waals surface area contributed by atoms with Crippen LogP contribution in [-0.2, 0) is 16.2 Å². The average molecular weight is 389 g/mol. The summed E-state index contributed by atoms with van der Waals surface area (Å²) in [6, 6.07) is 9.02. The van der Waals surface area contributed by atoms with Crippen LogP contribution in [-0.4, -0.2) is 28.7 Å². The second-order valence-electron chi connectivity index (χ2n) is 5.43. The van der Waals surface area contributed by atoms with Crippen LogP contribution in [0.25, 0.3) is 0 Å². The zero-order chi connectivity index (χ0) is 19.4. The van der Waals surface area contributed by atoms with Gasteiger partial charge in [0, 0.05) is 6.54 Å². The lowest BCUT2D eigenvalue weighted by atomic mass is 10.2. The number of benzene rings is 2. The maximum Gasteiger partial charge on any atom is 0.416 e. The molecule has 2 aromatic carbocycles. The van der Waals surface area contributed by atoms with Crippen LogP contribution in [0.5, 0.6) is 11.5 Å². The van der Waals surface area contributed by atoms with Crippen molar-refractivity contribution in [2.45, 2.75) is 18.0 Å². The number of alkyl halides is 3. The van der Waals surface area contributed by atoms with Gasteiger partial charge in [-0.15, -0.1) is 0 Å². The molecule has 5 nitrogen and oxygen atoms in total. The Morgan fingerprint density at radius 1 is 1.12 bits per heavy atom. The summed E-state index contributed by atoms with van der Waals surface area (Å²) in [5.41, 5.74) is 0.00801. The van der Waals surface area contributed by atoms with Crippen molar-refractivity contribution >= 4 is 10.0 Å². The molecular weight excluding hydrogens is 371 g/mol. The predicted molar refractivity (Wildman–Crippen MR) is 89.9 cm³/mol. The van der Waals surface area contributed by atoms with Crippen molar-refractivity contribution in [2.75, 3.05) is 20.3 Å². The summed E-state index contributed by atoms with van der Waals surface area (Å²) in [5, 5.41) is 0. The first-order chi connectivity index (χ1) is 12.1. The van der Waals surface area contributed by atoms with Gasteiger partial charge < -0.3 is 9.47 Å². The summed E-state index contributed by atoms with van der Waals surface area (Å²) < 4.78 is 75.2. The largest absolute Gasteiger partial charge is 0.495 e. The van der Waals surface area contributed by atoms with Crippen LogP contribution in [0.15, 0.2) is 47.4 Å². The Bertz CT molecular complexity index is 867. The first-order valence-corrected chi connectivity index (χ1v) is 9.06. The first-order valence-electron chi connectivity index (χ1n) is 7.58. The topological polar surface area (TPSA) is 64.6 Å². The van der Waals surface area contributed by atoms with E-state index in [9.17, 15) is 21.6 Å². The molecule has 0 aliphatic rings. The molecule has 0 saturated heterocycles. The second kappa shape index (κ2) is 7.96. The minimum absolute atomic E-state index is 0.00643. The van der Waals surface area contributed by atoms with Crippen LogP contribution in [0, 0.1) is 6.92 Å². The van der Waals surface area contributed by atoms with Gasteiger partial charge in [0.15, 0.2) is 0 Å². The van der Waals surface area contributed by atoms with Gasteiger partial charge in [0.25, 0.3) is 0 Å². The third kappa shape index (κ3) is 5.12. The van der Waals surface area contributed by atoms with Crippen molar-refractivity contribution < 1.29 is 31.1 Å². The van der Waals surface area contributed by atoms with E-state index in [-0.39, 0.29) is 29.5 Å². The van der Waals surface area contributed by atoms with Gasteiger partial charge in [0.2, 0.25) is 10.0 Å². The van der Waals surface area contributed by atoms with E-state index in [1.54, 1.807) is 19.1 Å². The normalized spacial score (nSPS) is 12.0. The SMILES string of the molecule is COc1cc(C)ccc1S(=O)(=O)NCCOc1cccc(C(F)(F)F)c1. The molecule has 0 atom stereocenters. The number of rotatable bonds is 7. The molecule has 0 radical (unpaired) electrons. The van der Waals surface area contributed by atoms with Crippen molar-refractivity contribution in [3.05, 3.63) is 53.6 Å². The molecule has 0 amide bonds. The summed E-state index contributed by atoms with van der Waals surface area (Å²) in [6.07, 6.45) is -4.47. The highest BCUT2D eigenvalue weighted by atomic mass is 32.2. The lowest BCUT2D eigenvalue weighted by molar-refractivity contribution is -0.137. The van der Waals surface area contributed by atoms with Gasteiger partial charge in [-0.2, -0.15) is 13.2 Å². The summed E-state index contributed by atoms with van der Waals surface area (Å²) >= 11 is 0. The van der Waals surface area contributed by atoms with Gasteiger partial charge in [-0.1, -0.05) is 12.1 Å². The maximum absolute atomic E-state index is 12.6. The number of halogens is 3. The van der Waals surface area contributed by atoms with E-state index in [4.69, 9.17) is 9.47 Å². The van der Waals surface area contributed by atoms with Crippen LogP contribution in [0.4, 0.5) is 13.2 Å². The number of aryl methyl sites for hydroxylation is 1. The number of methoxy groups -OCH3 is 1. The highest BCUT2D eigenvalue weighted by molar-refractivity contribution is 7.89.